The van der Waals surface area contributed by atoms with Gasteiger partial charge in [-0.3, -0.25) is 0 Å². The molecule has 2 aromatic carbocycles. The molecule has 1 saturated heterocycles. The van der Waals surface area contributed by atoms with Gasteiger partial charge in [-0.25, -0.2) is 4.57 Å². The van der Waals surface area contributed by atoms with E-state index in [1.807, 2.05) is 42.5 Å². The van der Waals surface area contributed by atoms with Crippen LogP contribution in [0.5, 0.6) is 11.8 Å². The Morgan fingerprint density at radius 3 is 2.25 bits per heavy atom. The van der Waals surface area contributed by atoms with Crippen molar-refractivity contribution in [3.63, 3.8) is 0 Å². The number of hydrogen-bond acceptors (Lipinski definition) is 3. The molecule has 1 aliphatic rings. The first-order valence-electron chi connectivity index (χ1n) is 8.62. The molecule has 4 heteroatoms. The number of aromatic hydroxyl groups is 2. The molecule has 0 bridgehead atoms. The molecule has 3 aromatic rings. The van der Waals surface area contributed by atoms with E-state index in [1.54, 1.807) is 10.6 Å². The summed E-state index contributed by atoms with van der Waals surface area (Å²) in [6.07, 6.45) is 4.71. The molecule has 24 heavy (non-hydrogen) atoms. The van der Waals surface area contributed by atoms with E-state index in [2.05, 4.69) is 4.90 Å². The number of aromatic nitrogens is 1. The zero-order chi connectivity index (χ0) is 16.5. The summed E-state index contributed by atoms with van der Waals surface area (Å²) in [5.41, 5.74) is 1.52. The molecular weight excluding hydrogens is 300 g/mol. The molecule has 0 saturated carbocycles. The first-order chi connectivity index (χ1) is 11.8. The van der Waals surface area contributed by atoms with Crippen molar-refractivity contribution in [2.75, 3.05) is 18.0 Å². The summed E-state index contributed by atoms with van der Waals surface area (Å²) in [4.78, 5) is 2.18. The van der Waals surface area contributed by atoms with E-state index in [9.17, 15) is 10.2 Å². The number of nitrogens with zero attached hydrogens (tertiary/aromatic N) is 2. The van der Waals surface area contributed by atoms with E-state index in [0.29, 0.717) is 0 Å². The maximum absolute atomic E-state index is 10.8. The van der Waals surface area contributed by atoms with E-state index in [4.69, 9.17) is 0 Å². The van der Waals surface area contributed by atoms with Crippen LogP contribution in [0.4, 0.5) is 5.69 Å². The Morgan fingerprint density at radius 2 is 1.46 bits per heavy atom. The minimum atomic E-state index is 0.0723. The first-order valence-corrected chi connectivity index (χ1v) is 8.62. The van der Waals surface area contributed by atoms with Gasteiger partial charge in [0.25, 0.3) is 0 Å². The van der Waals surface area contributed by atoms with Crippen LogP contribution >= 0.6 is 0 Å². The van der Waals surface area contributed by atoms with Crippen LogP contribution in [0.3, 0.4) is 0 Å². The largest absolute Gasteiger partial charge is 0.494 e. The molecule has 4 nitrogen and oxygen atoms in total. The Kier molecular flexibility index (Phi) is 3.81. The second-order valence-electron chi connectivity index (χ2n) is 6.45. The average Bonchev–Trinajstić information content (AvgIpc) is 2.80. The highest BCUT2D eigenvalue weighted by molar-refractivity contribution is 5.91. The predicted molar refractivity (Wildman–Crippen MR) is 97.3 cm³/mol. The minimum Gasteiger partial charge on any atom is -0.494 e. The predicted octanol–water partition coefficient (Wildman–Crippen LogP) is 4.42. The molecule has 124 valence electrons. The van der Waals surface area contributed by atoms with Crippen molar-refractivity contribution in [1.82, 2.24) is 4.57 Å². The number of rotatable bonds is 2. The molecule has 2 N–H and O–H groups in total. The number of anilines is 1. The molecule has 0 spiro atoms. The smallest absolute Gasteiger partial charge is 0.223 e. The van der Waals surface area contributed by atoms with Gasteiger partial charge in [-0.15, -0.1) is 0 Å². The van der Waals surface area contributed by atoms with E-state index >= 15 is 0 Å². The Hall–Kier alpha value is -2.62. The van der Waals surface area contributed by atoms with Crippen LogP contribution in [0.1, 0.15) is 25.7 Å². The second kappa shape index (κ2) is 6.11. The fourth-order valence-electron chi connectivity index (χ4n) is 3.66. The van der Waals surface area contributed by atoms with Crippen LogP contribution < -0.4 is 4.90 Å². The standard InChI is InChI=1S/C20H22N2O2/c23-19-14-18(21-12-5-1-2-6-13-21)20(24)22(19)17-11-7-9-15-8-3-4-10-16(15)17/h3-4,7-11,14,23-24H,1-2,5-6,12-13H2. The van der Waals surface area contributed by atoms with Crippen LogP contribution in [0, 0.1) is 0 Å². The van der Waals surface area contributed by atoms with Gasteiger partial charge in [0.1, 0.15) is 5.69 Å². The molecular formula is C20H22N2O2. The molecule has 2 heterocycles. The summed E-state index contributed by atoms with van der Waals surface area (Å²) >= 11 is 0. The molecule has 0 amide bonds. The second-order valence-corrected chi connectivity index (χ2v) is 6.45. The summed E-state index contributed by atoms with van der Waals surface area (Å²) < 4.78 is 1.54. The molecule has 4 rings (SSSR count). The highest BCUT2D eigenvalue weighted by Gasteiger charge is 2.22. The Morgan fingerprint density at radius 1 is 0.750 bits per heavy atom. The van der Waals surface area contributed by atoms with Crippen LogP contribution in [0.2, 0.25) is 0 Å². The third-order valence-corrected chi connectivity index (χ3v) is 4.89. The minimum absolute atomic E-state index is 0.0723. The van der Waals surface area contributed by atoms with Gasteiger partial charge < -0.3 is 15.1 Å². The maximum atomic E-state index is 10.8. The van der Waals surface area contributed by atoms with Crippen LogP contribution in [-0.4, -0.2) is 27.9 Å². The first kappa shape index (κ1) is 14.9. The van der Waals surface area contributed by atoms with Crippen LogP contribution in [-0.2, 0) is 0 Å². The lowest BCUT2D eigenvalue weighted by molar-refractivity contribution is 0.403. The number of fused-ring (bicyclic) bond motifs is 1. The molecule has 1 aromatic heterocycles. The van der Waals surface area contributed by atoms with Gasteiger partial charge in [0.05, 0.1) is 5.69 Å². The number of hydrogen-bond donors (Lipinski definition) is 2. The normalized spacial score (nSPS) is 15.6. The third kappa shape index (κ3) is 2.48. The van der Waals surface area contributed by atoms with Gasteiger partial charge in [0, 0.05) is 24.5 Å². The maximum Gasteiger partial charge on any atom is 0.223 e. The summed E-state index contributed by atoms with van der Waals surface area (Å²) in [5.74, 6) is 0.189. The summed E-state index contributed by atoms with van der Waals surface area (Å²) in [7, 11) is 0. The summed E-state index contributed by atoms with van der Waals surface area (Å²) in [5, 5.41) is 23.4. The Balaban J connectivity index is 1.84. The highest BCUT2D eigenvalue weighted by atomic mass is 16.3. The lowest BCUT2D eigenvalue weighted by atomic mass is 10.1. The van der Waals surface area contributed by atoms with Crippen molar-refractivity contribution in [3.8, 4) is 17.4 Å². The lowest BCUT2D eigenvalue weighted by Crippen LogP contribution is -2.23. The van der Waals surface area contributed by atoms with Crippen molar-refractivity contribution in [2.24, 2.45) is 0 Å². The van der Waals surface area contributed by atoms with Crippen LogP contribution in [0.15, 0.2) is 48.5 Å². The van der Waals surface area contributed by atoms with Gasteiger partial charge in [0.15, 0.2) is 0 Å². The summed E-state index contributed by atoms with van der Waals surface area (Å²) in [6.45, 7) is 1.85. The van der Waals surface area contributed by atoms with Crippen molar-refractivity contribution < 1.29 is 10.2 Å². The molecule has 0 atom stereocenters. The lowest BCUT2D eigenvalue weighted by Gasteiger charge is -2.21. The van der Waals surface area contributed by atoms with E-state index in [1.165, 1.54) is 12.8 Å². The highest BCUT2D eigenvalue weighted by Crippen LogP contribution is 2.40. The SMILES string of the molecule is Oc1cc(N2CCCCCC2)c(O)n1-c1cccc2ccccc12. The van der Waals surface area contributed by atoms with E-state index < -0.39 is 0 Å². The van der Waals surface area contributed by atoms with Crippen molar-refractivity contribution >= 4 is 16.5 Å². The van der Waals surface area contributed by atoms with Gasteiger partial charge in [-0.1, -0.05) is 49.2 Å². The molecule has 1 aliphatic heterocycles. The fourth-order valence-corrected chi connectivity index (χ4v) is 3.66. The van der Waals surface area contributed by atoms with E-state index in [-0.39, 0.29) is 11.8 Å². The van der Waals surface area contributed by atoms with Gasteiger partial charge in [-0.05, 0) is 24.3 Å². The van der Waals surface area contributed by atoms with E-state index in [0.717, 1.165) is 48.1 Å². The van der Waals surface area contributed by atoms with Gasteiger partial charge >= 0.3 is 0 Å². The zero-order valence-electron chi connectivity index (χ0n) is 13.7. The molecule has 1 fully saturated rings. The Bertz CT molecular complexity index is 856. The molecule has 0 aliphatic carbocycles. The molecule has 0 unspecified atom stereocenters. The quantitative estimate of drug-likeness (QED) is 0.734. The Labute approximate surface area is 141 Å². The van der Waals surface area contributed by atoms with Crippen LogP contribution in [0.25, 0.3) is 16.5 Å². The topological polar surface area (TPSA) is 48.6 Å². The van der Waals surface area contributed by atoms with Crippen molar-refractivity contribution in [1.29, 1.82) is 0 Å². The summed E-state index contributed by atoms with van der Waals surface area (Å²) in [6, 6.07) is 15.6. The van der Waals surface area contributed by atoms with Gasteiger partial charge in [-0.2, -0.15) is 0 Å². The number of benzene rings is 2. The monoisotopic (exact) mass is 322 g/mol. The average molecular weight is 322 g/mol. The van der Waals surface area contributed by atoms with Crippen molar-refractivity contribution in [3.05, 3.63) is 48.5 Å². The fraction of sp³-hybridized carbons (Fsp3) is 0.300. The third-order valence-electron chi connectivity index (χ3n) is 4.89. The zero-order valence-corrected chi connectivity index (χ0v) is 13.7. The molecule has 0 radical (unpaired) electrons. The van der Waals surface area contributed by atoms with Gasteiger partial charge in [0.2, 0.25) is 11.8 Å². The van der Waals surface area contributed by atoms with Crippen molar-refractivity contribution in [2.45, 2.75) is 25.7 Å².